The molecule has 0 bridgehead atoms. The highest BCUT2D eigenvalue weighted by atomic mass is 32.2. The molecule has 0 aromatic rings. The number of aliphatic carboxylic acids is 1. The Kier molecular flexibility index (Phi) is 7.06. The van der Waals surface area contributed by atoms with Crippen LogP contribution in [0.1, 0.15) is 64.2 Å². The van der Waals surface area contributed by atoms with Crippen LogP contribution in [0.5, 0.6) is 0 Å². The lowest BCUT2D eigenvalue weighted by Gasteiger charge is -2.32. The lowest BCUT2D eigenvalue weighted by molar-refractivity contribution is -0.137. The summed E-state index contributed by atoms with van der Waals surface area (Å²) in [6.45, 7) is 0. The number of nitrogens with zero attached hydrogens (tertiary/aromatic N) is 1. The van der Waals surface area contributed by atoms with Gasteiger partial charge < -0.3 is 16.6 Å². The van der Waals surface area contributed by atoms with Crippen molar-refractivity contribution < 1.29 is 18.3 Å². The zero-order chi connectivity index (χ0) is 18.4. The molecule has 0 aliphatic heterocycles. The normalized spacial score (nSPS) is 30.6. The Labute approximate surface area is 149 Å². The number of nitrogens with one attached hydrogen (secondary N) is 1. The molecule has 2 atom stereocenters. The number of carboxylic acid groups (broad SMARTS) is 1. The number of hydrogen-bond acceptors (Lipinski definition) is 4. The fourth-order valence-electron chi connectivity index (χ4n) is 3.96. The second-order valence-electron chi connectivity index (χ2n) is 7.31. The summed E-state index contributed by atoms with van der Waals surface area (Å²) in [4.78, 5) is 14.8. The Balaban J connectivity index is 1.83. The van der Waals surface area contributed by atoms with Gasteiger partial charge >= 0.3 is 5.97 Å². The topological polar surface area (TPSA) is 148 Å². The minimum atomic E-state index is -3.39. The third-order valence-corrected chi connectivity index (χ3v) is 7.28. The minimum Gasteiger partial charge on any atom is -0.481 e. The van der Waals surface area contributed by atoms with Crippen LogP contribution >= 0.6 is 0 Å². The lowest BCUT2D eigenvalue weighted by atomic mass is 9.84. The zero-order valence-electron chi connectivity index (χ0n) is 14.6. The molecule has 0 amide bonds. The number of rotatable bonds is 7. The Bertz CT molecular complexity index is 581. The Morgan fingerprint density at radius 2 is 1.80 bits per heavy atom. The van der Waals surface area contributed by atoms with E-state index < -0.39 is 21.2 Å². The van der Waals surface area contributed by atoms with Gasteiger partial charge in [-0.1, -0.05) is 0 Å². The first-order valence-corrected chi connectivity index (χ1v) is 10.6. The Morgan fingerprint density at radius 3 is 2.40 bits per heavy atom. The minimum absolute atomic E-state index is 0.00990. The first-order valence-electron chi connectivity index (χ1n) is 9.08. The number of carboxylic acids is 1. The van der Waals surface area contributed by atoms with E-state index in [4.69, 9.17) is 16.6 Å². The summed E-state index contributed by atoms with van der Waals surface area (Å²) in [5, 5.41) is 8.31. The number of aliphatic imine (C=N–C) groups is 1. The monoisotopic (exact) mass is 374 g/mol. The van der Waals surface area contributed by atoms with E-state index in [0.29, 0.717) is 25.2 Å². The summed E-state index contributed by atoms with van der Waals surface area (Å²) in [5.41, 5.74) is 10.8. The van der Waals surface area contributed by atoms with Gasteiger partial charge in [0.05, 0.1) is 11.3 Å². The molecule has 2 aliphatic carbocycles. The van der Waals surface area contributed by atoms with Crippen LogP contribution in [-0.4, -0.2) is 42.8 Å². The molecular weight excluding hydrogens is 344 g/mol. The SMILES string of the molecule is NC(N)=NC1CCCC(S(=O)(=O)NC2CCC(CCC(=O)O)CC2)C1. The van der Waals surface area contributed by atoms with Gasteiger partial charge in [-0.25, -0.2) is 13.1 Å². The molecular formula is C16H30N4O4S. The van der Waals surface area contributed by atoms with Crippen LogP contribution in [-0.2, 0) is 14.8 Å². The molecule has 0 aromatic heterocycles. The van der Waals surface area contributed by atoms with Crippen molar-refractivity contribution in [2.75, 3.05) is 0 Å². The van der Waals surface area contributed by atoms with E-state index in [2.05, 4.69) is 9.71 Å². The van der Waals surface area contributed by atoms with Gasteiger partial charge in [0, 0.05) is 12.5 Å². The van der Waals surface area contributed by atoms with Crippen molar-refractivity contribution in [1.29, 1.82) is 0 Å². The van der Waals surface area contributed by atoms with E-state index >= 15 is 0 Å². The first kappa shape index (κ1) is 20.0. The number of guanidine groups is 1. The highest BCUT2D eigenvalue weighted by Crippen LogP contribution is 2.30. The Morgan fingerprint density at radius 1 is 1.12 bits per heavy atom. The fourth-order valence-corrected chi connectivity index (χ4v) is 5.80. The van der Waals surface area contributed by atoms with Gasteiger partial charge in [0.1, 0.15) is 0 Å². The maximum Gasteiger partial charge on any atom is 0.303 e. The number of carbonyl (C=O) groups is 1. The van der Waals surface area contributed by atoms with E-state index in [-0.39, 0.29) is 24.5 Å². The van der Waals surface area contributed by atoms with E-state index in [1.807, 2.05) is 0 Å². The van der Waals surface area contributed by atoms with Crippen molar-refractivity contribution in [2.24, 2.45) is 22.4 Å². The predicted octanol–water partition coefficient (Wildman–Crippen LogP) is 0.914. The molecule has 25 heavy (non-hydrogen) atoms. The molecule has 2 unspecified atom stereocenters. The molecule has 6 N–H and O–H groups in total. The van der Waals surface area contributed by atoms with Crippen molar-refractivity contribution in [1.82, 2.24) is 4.72 Å². The molecule has 0 heterocycles. The summed E-state index contributed by atoms with van der Waals surface area (Å²) in [7, 11) is -3.39. The van der Waals surface area contributed by atoms with Gasteiger partial charge in [-0.05, 0) is 63.7 Å². The van der Waals surface area contributed by atoms with Gasteiger partial charge in [0.2, 0.25) is 10.0 Å². The summed E-state index contributed by atoms with van der Waals surface area (Å²) in [6, 6.07) is -0.165. The van der Waals surface area contributed by atoms with Crippen LogP contribution in [0.4, 0.5) is 0 Å². The van der Waals surface area contributed by atoms with E-state index in [1.165, 1.54) is 0 Å². The molecule has 0 saturated heterocycles. The molecule has 2 rings (SSSR count). The molecule has 8 nitrogen and oxygen atoms in total. The fraction of sp³-hybridized carbons (Fsp3) is 0.875. The average molecular weight is 375 g/mol. The van der Waals surface area contributed by atoms with Crippen molar-refractivity contribution in [3.63, 3.8) is 0 Å². The van der Waals surface area contributed by atoms with Gasteiger partial charge in [0.25, 0.3) is 0 Å². The number of hydrogen-bond donors (Lipinski definition) is 4. The second-order valence-corrected chi connectivity index (χ2v) is 9.30. The summed E-state index contributed by atoms with van der Waals surface area (Å²) in [5.74, 6) is -0.371. The standard InChI is InChI=1S/C16H30N4O4S/c17-16(18)19-13-2-1-3-14(10-13)25(23,24)20-12-7-4-11(5-8-12)6-9-15(21)22/h11-14,20H,1-10H2,(H,21,22)(H4,17,18,19). The summed E-state index contributed by atoms with van der Waals surface area (Å²) < 4.78 is 28.2. The zero-order valence-corrected chi connectivity index (χ0v) is 15.4. The first-order chi connectivity index (χ1) is 11.8. The molecule has 0 spiro atoms. The Hall–Kier alpha value is -1.35. The van der Waals surface area contributed by atoms with Crippen molar-refractivity contribution >= 4 is 22.0 Å². The molecule has 2 saturated carbocycles. The van der Waals surface area contributed by atoms with Crippen LogP contribution in [0.15, 0.2) is 4.99 Å². The highest BCUT2D eigenvalue weighted by molar-refractivity contribution is 7.90. The van der Waals surface area contributed by atoms with E-state index in [9.17, 15) is 13.2 Å². The van der Waals surface area contributed by atoms with E-state index in [0.717, 1.165) is 38.5 Å². The smallest absolute Gasteiger partial charge is 0.303 e. The lowest BCUT2D eigenvalue weighted by Crippen LogP contribution is -2.44. The van der Waals surface area contributed by atoms with Gasteiger partial charge in [0.15, 0.2) is 5.96 Å². The molecule has 144 valence electrons. The van der Waals surface area contributed by atoms with Crippen LogP contribution in [0.2, 0.25) is 0 Å². The summed E-state index contributed by atoms with van der Waals surface area (Å²) >= 11 is 0. The van der Waals surface area contributed by atoms with Gasteiger partial charge in [-0.2, -0.15) is 0 Å². The van der Waals surface area contributed by atoms with Crippen molar-refractivity contribution in [2.45, 2.75) is 81.5 Å². The molecule has 2 fully saturated rings. The maximum atomic E-state index is 12.7. The highest BCUT2D eigenvalue weighted by Gasteiger charge is 2.34. The van der Waals surface area contributed by atoms with E-state index in [1.54, 1.807) is 0 Å². The number of nitrogens with two attached hydrogens (primary N) is 2. The van der Waals surface area contributed by atoms with Gasteiger partial charge in [-0.15, -0.1) is 0 Å². The van der Waals surface area contributed by atoms with Crippen LogP contribution in [0.3, 0.4) is 0 Å². The van der Waals surface area contributed by atoms with Crippen LogP contribution in [0, 0.1) is 5.92 Å². The van der Waals surface area contributed by atoms with Crippen LogP contribution in [0.25, 0.3) is 0 Å². The average Bonchev–Trinajstić information content (AvgIpc) is 2.53. The molecule has 0 aromatic carbocycles. The third kappa shape index (κ3) is 6.47. The third-order valence-electron chi connectivity index (χ3n) is 5.31. The largest absolute Gasteiger partial charge is 0.481 e. The van der Waals surface area contributed by atoms with Crippen molar-refractivity contribution in [3.8, 4) is 0 Å². The maximum absolute atomic E-state index is 12.7. The predicted molar refractivity (Wildman–Crippen MR) is 96.5 cm³/mol. The van der Waals surface area contributed by atoms with Gasteiger partial charge in [-0.3, -0.25) is 9.79 Å². The quantitative estimate of drug-likeness (QED) is 0.384. The molecule has 9 heteroatoms. The van der Waals surface area contributed by atoms with Crippen molar-refractivity contribution in [3.05, 3.63) is 0 Å². The van der Waals surface area contributed by atoms with Crippen LogP contribution < -0.4 is 16.2 Å². The molecule has 0 radical (unpaired) electrons. The number of sulfonamides is 1. The second kappa shape index (κ2) is 8.84. The summed E-state index contributed by atoms with van der Waals surface area (Å²) in [6.07, 6.45) is 6.88. The molecule has 2 aliphatic rings.